The van der Waals surface area contributed by atoms with E-state index in [2.05, 4.69) is 5.32 Å². The van der Waals surface area contributed by atoms with Gasteiger partial charge in [-0.05, 0) is 24.8 Å². The molecule has 1 saturated carbocycles. The maximum atomic E-state index is 11.6. The Hall–Kier alpha value is -1.13. The van der Waals surface area contributed by atoms with Gasteiger partial charge >= 0.3 is 0 Å². The summed E-state index contributed by atoms with van der Waals surface area (Å²) >= 11 is 0. The lowest BCUT2D eigenvalue weighted by atomic mass is 10.2. The summed E-state index contributed by atoms with van der Waals surface area (Å²) < 4.78 is 6.76. The average molecular weight is 236 g/mol. The van der Waals surface area contributed by atoms with E-state index in [1.807, 2.05) is 12.3 Å². The summed E-state index contributed by atoms with van der Waals surface area (Å²) in [6.07, 6.45) is 5.39. The number of nitrogens with zero attached hydrogens (tertiary/aromatic N) is 1. The Morgan fingerprint density at radius 2 is 2.29 bits per heavy atom. The summed E-state index contributed by atoms with van der Waals surface area (Å²) in [7, 11) is 1.68. The van der Waals surface area contributed by atoms with Gasteiger partial charge in [-0.3, -0.25) is 4.79 Å². The molecule has 4 nitrogen and oxygen atoms in total. The van der Waals surface area contributed by atoms with E-state index in [4.69, 9.17) is 4.74 Å². The van der Waals surface area contributed by atoms with Crippen molar-refractivity contribution in [3.63, 3.8) is 0 Å². The molecule has 2 rings (SSSR count). The monoisotopic (exact) mass is 236 g/mol. The number of rotatable bonds is 7. The van der Waals surface area contributed by atoms with Crippen molar-refractivity contribution in [3.05, 3.63) is 34.2 Å². The number of pyridine rings is 1. The highest BCUT2D eigenvalue weighted by molar-refractivity contribution is 5.10. The van der Waals surface area contributed by atoms with E-state index in [1.165, 1.54) is 18.4 Å². The molecule has 0 bridgehead atoms. The number of aryl methyl sites for hydroxylation is 1. The minimum Gasteiger partial charge on any atom is -0.385 e. The van der Waals surface area contributed by atoms with E-state index in [1.54, 1.807) is 17.7 Å². The molecule has 4 heteroatoms. The van der Waals surface area contributed by atoms with Crippen molar-refractivity contribution in [3.8, 4) is 0 Å². The molecule has 1 aliphatic carbocycles. The molecule has 1 N–H and O–H groups in total. The highest BCUT2D eigenvalue weighted by Gasteiger charge is 2.19. The van der Waals surface area contributed by atoms with Gasteiger partial charge in [-0.2, -0.15) is 0 Å². The van der Waals surface area contributed by atoms with Gasteiger partial charge in [0.05, 0.1) is 0 Å². The second-order valence-corrected chi connectivity index (χ2v) is 4.57. The van der Waals surface area contributed by atoms with Crippen LogP contribution in [-0.2, 0) is 17.8 Å². The Labute approximate surface area is 102 Å². The average Bonchev–Trinajstić information content (AvgIpc) is 3.14. The third kappa shape index (κ3) is 3.98. The molecule has 1 heterocycles. The van der Waals surface area contributed by atoms with Crippen LogP contribution >= 0.6 is 0 Å². The van der Waals surface area contributed by atoms with Gasteiger partial charge < -0.3 is 14.6 Å². The largest absolute Gasteiger partial charge is 0.385 e. The minimum absolute atomic E-state index is 0.0660. The molecule has 17 heavy (non-hydrogen) atoms. The third-order valence-electron chi connectivity index (χ3n) is 2.96. The first-order valence-corrected chi connectivity index (χ1v) is 6.21. The van der Waals surface area contributed by atoms with Crippen LogP contribution in [-0.4, -0.2) is 24.3 Å². The zero-order valence-electron chi connectivity index (χ0n) is 10.3. The zero-order chi connectivity index (χ0) is 12.1. The number of methoxy groups -OCH3 is 1. The molecule has 0 aliphatic heterocycles. The van der Waals surface area contributed by atoms with Crippen molar-refractivity contribution in [2.45, 2.75) is 38.4 Å². The van der Waals surface area contributed by atoms with Crippen LogP contribution in [0.25, 0.3) is 0 Å². The normalized spacial score (nSPS) is 15.1. The molecule has 1 aliphatic rings. The fourth-order valence-corrected chi connectivity index (χ4v) is 1.79. The van der Waals surface area contributed by atoms with Gasteiger partial charge in [0.15, 0.2) is 0 Å². The Morgan fingerprint density at radius 1 is 1.47 bits per heavy atom. The highest BCUT2D eigenvalue weighted by atomic mass is 16.5. The summed E-state index contributed by atoms with van der Waals surface area (Å²) in [6, 6.07) is 4.25. The van der Waals surface area contributed by atoms with Crippen molar-refractivity contribution in [2.24, 2.45) is 0 Å². The van der Waals surface area contributed by atoms with Crippen LogP contribution in [0, 0.1) is 0 Å². The maximum absolute atomic E-state index is 11.6. The van der Waals surface area contributed by atoms with Gasteiger partial charge in [-0.1, -0.05) is 6.07 Å². The fourth-order valence-electron chi connectivity index (χ4n) is 1.79. The second kappa shape index (κ2) is 5.98. The quantitative estimate of drug-likeness (QED) is 0.722. The van der Waals surface area contributed by atoms with Crippen molar-refractivity contribution >= 4 is 0 Å². The molecule has 1 fully saturated rings. The Balaban J connectivity index is 1.92. The van der Waals surface area contributed by atoms with Crippen LogP contribution in [0.1, 0.15) is 24.8 Å². The zero-order valence-corrected chi connectivity index (χ0v) is 10.3. The van der Waals surface area contributed by atoms with E-state index in [-0.39, 0.29) is 5.56 Å². The van der Waals surface area contributed by atoms with Crippen LogP contribution in [0.4, 0.5) is 0 Å². The van der Waals surface area contributed by atoms with Gasteiger partial charge in [-0.15, -0.1) is 0 Å². The van der Waals surface area contributed by atoms with Crippen LogP contribution in [0.5, 0.6) is 0 Å². The summed E-state index contributed by atoms with van der Waals surface area (Å²) in [5, 5.41) is 3.45. The van der Waals surface area contributed by atoms with Crippen molar-refractivity contribution in [1.29, 1.82) is 0 Å². The van der Waals surface area contributed by atoms with Crippen LogP contribution in [0.2, 0.25) is 0 Å². The lowest BCUT2D eigenvalue weighted by Crippen LogP contribution is -2.22. The number of ether oxygens (including phenoxy) is 1. The number of nitrogens with one attached hydrogen (secondary N) is 1. The molecule has 0 unspecified atom stereocenters. The summed E-state index contributed by atoms with van der Waals surface area (Å²) in [5.74, 6) is 0. The van der Waals surface area contributed by atoms with Crippen LogP contribution in [0.3, 0.4) is 0 Å². The molecule has 0 radical (unpaired) electrons. The van der Waals surface area contributed by atoms with Crippen molar-refractivity contribution < 1.29 is 4.74 Å². The first-order valence-electron chi connectivity index (χ1n) is 6.21. The van der Waals surface area contributed by atoms with Crippen molar-refractivity contribution in [2.75, 3.05) is 13.7 Å². The van der Waals surface area contributed by atoms with Crippen LogP contribution < -0.4 is 10.9 Å². The predicted molar refractivity (Wildman–Crippen MR) is 67.1 cm³/mol. The summed E-state index contributed by atoms with van der Waals surface area (Å²) in [6.45, 7) is 2.27. The molecule has 1 aromatic rings. The fraction of sp³-hybridized carbons (Fsp3) is 0.615. The topological polar surface area (TPSA) is 43.3 Å². The van der Waals surface area contributed by atoms with Crippen LogP contribution in [0.15, 0.2) is 23.1 Å². The smallest absolute Gasteiger partial charge is 0.250 e. The molecular formula is C13H20N2O2. The lowest BCUT2D eigenvalue weighted by Gasteiger charge is -2.08. The minimum atomic E-state index is 0.0660. The van der Waals surface area contributed by atoms with Gasteiger partial charge in [-0.25, -0.2) is 0 Å². The van der Waals surface area contributed by atoms with E-state index in [0.29, 0.717) is 12.6 Å². The Morgan fingerprint density at radius 3 is 3.00 bits per heavy atom. The molecule has 0 spiro atoms. The Kier molecular flexibility index (Phi) is 4.34. The number of hydrogen-bond donors (Lipinski definition) is 1. The standard InChI is InChI=1S/C13H20N2O2/c1-17-8-2-7-15-10-11(3-6-13(15)16)9-14-12-4-5-12/h3,6,10,12,14H,2,4-5,7-9H2,1H3. The number of hydrogen-bond acceptors (Lipinski definition) is 3. The molecule has 0 atom stereocenters. The first-order chi connectivity index (χ1) is 8.29. The van der Waals surface area contributed by atoms with E-state index >= 15 is 0 Å². The molecule has 0 aromatic carbocycles. The van der Waals surface area contributed by atoms with E-state index in [9.17, 15) is 4.79 Å². The van der Waals surface area contributed by atoms with E-state index < -0.39 is 0 Å². The molecule has 0 saturated heterocycles. The third-order valence-corrected chi connectivity index (χ3v) is 2.96. The van der Waals surface area contributed by atoms with Gasteiger partial charge in [0.1, 0.15) is 0 Å². The molecule has 0 amide bonds. The summed E-state index contributed by atoms with van der Waals surface area (Å²) in [5.41, 5.74) is 1.24. The van der Waals surface area contributed by atoms with E-state index in [0.717, 1.165) is 19.5 Å². The maximum Gasteiger partial charge on any atom is 0.250 e. The van der Waals surface area contributed by atoms with Gasteiger partial charge in [0.25, 0.3) is 5.56 Å². The highest BCUT2D eigenvalue weighted by Crippen LogP contribution is 2.19. The molecule has 1 aromatic heterocycles. The van der Waals surface area contributed by atoms with Gasteiger partial charge in [0.2, 0.25) is 0 Å². The number of aromatic nitrogens is 1. The molecular weight excluding hydrogens is 216 g/mol. The van der Waals surface area contributed by atoms with Gasteiger partial charge in [0, 0.05) is 45.1 Å². The predicted octanol–water partition coefficient (Wildman–Crippen LogP) is 1.14. The SMILES string of the molecule is COCCCn1cc(CNC2CC2)ccc1=O. The first kappa shape index (κ1) is 12.3. The molecule has 94 valence electrons. The van der Waals surface area contributed by atoms with Crippen molar-refractivity contribution in [1.82, 2.24) is 9.88 Å². The Bertz CT molecular complexity index is 410. The lowest BCUT2D eigenvalue weighted by molar-refractivity contribution is 0.190. The summed E-state index contributed by atoms with van der Waals surface area (Å²) in [4.78, 5) is 11.6. The second-order valence-electron chi connectivity index (χ2n) is 4.57.